The Balaban J connectivity index is 2.09. The van der Waals surface area contributed by atoms with Crippen molar-refractivity contribution in [3.8, 4) is 0 Å². The summed E-state index contributed by atoms with van der Waals surface area (Å²) in [7, 11) is 0. The first-order valence-corrected chi connectivity index (χ1v) is 6.60. The molecule has 1 aromatic carbocycles. The van der Waals surface area contributed by atoms with Gasteiger partial charge in [-0.05, 0) is 30.7 Å². The zero-order chi connectivity index (χ0) is 12.8. The van der Waals surface area contributed by atoms with E-state index in [2.05, 4.69) is 22.2 Å². The van der Waals surface area contributed by atoms with Crippen molar-refractivity contribution >= 4 is 17.7 Å². The van der Waals surface area contributed by atoms with Crippen LogP contribution in [-0.4, -0.2) is 16.5 Å². The molecule has 5 heteroatoms. The summed E-state index contributed by atoms with van der Waals surface area (Å²) in [6.07, 6.45) is 2.72. The molecule has 94 valence electrons. The second-order valence-electron chi connectivity index (χ2n) is 3.70. The van der Waals surface area contributed by atoms with E-state index in [0.717, 1.165) is 22.9 Å². The Hall–Kier alpha value is -1.62. The van der Waals surface area contributed by atoms with Gasteiger partial charge in [-0.3, -0.25) is 0 Å². The van der Waals surface area contributed by atoms with E-state index >= 15 is 0 Å². The average molecular weight is 263 g/mol. The number of nitrogens with one attached hydrogen (secondary N) is 1. The van der Waals surface area contributed by atoms with Crippen LogP contribution in [0.3, 0.4) is 0 Å². The van der Waals surface area contributed by atoms with Gasteiger partial charge in [-0.25, -0.2) is 14.4 Å². The number of benzene rings is 1. The highest BCUT2D eigenvalue weighted by atomic mass is 32.2. The molecule has 2 aromatic rings. The number of aromatic nitrogens is 2. The zero-order valence-electron chi connectivity index (χ0n) is 10.1. The van der Waals surface area contributed by atoms with Crippen LogP contribution in [0.5, 0.6) is 0 Å². The molecule has 2 rings (SSSR count). The zero-order valence-corrected chi connectivity index (χ0v) is 10.9. The lowest BCUT2D eigenvalue weighted by atomic mass is 10.4. The molecule has 0 saturated carbocycles. The SMILES string of the molecule is CCCNc1nccc(Sc2cccc(F)c2)n1. The van der Waals surface area contributed by atoms with Crippen molar-refractivity contribution in [1.29, 1.82) is 0 Å². The van der Waals surface area contributed by atoms with Crippen LogP contribution < -0.4 is 5.32 Å². The van der Waals surface area contributed by atoms with Crippen LogP contribution >= 0.6 is 11.8 Å². The van der Waals surface area contributed by atoms with Gasteiger partial charge in [0.15, 0.2) is 0 Å². The largest absolute Gasteiger partial charge is 0.354 e. The van der Waals surface area contributed by atoms with E-state index in [9.17, 15) is 4.39 Å². The predicted molar refractivity (Wildman–Crippen MR) is 71.3 cm³/mol. The minimum absolute atomic E-state index is 0.238. The van der Waals surface area contributed by atoms with E-state index in [1.165, 1.54) is 23.9 Å². The molecule has 1 aromatic heterocycles. The van der Waals surface area contributed by atoms with Crippen LogP contribution in [0.1, 0.15) is 13.3 Å². The Morgan fingerprint density at radius 1 is 1.33 bits per heavy atom. The Bertz CT molecular complexity index is 519. The fourth-order valence-electron chi connectivity index (χ4n) is 1.37. The second-order valence-corrected chi connectivity index (χ2v) is 4.80. The Morgan fingerprint density at radius 3 is 3.00 bits per heavy atom. The summed E-state index contributed by atoms with van der Waals surface area (Å²) in [5, 5.41) is 3.92. The Kier molecular flexibility index (Phi) is 4.52. The maximum absolute atomic E-state index is 13.1. The van der Waals surface area contributed by atoms with Crippen molar-refractivity contribution in [2.24, 2.45) is 0 Å². The molecular weight excluding hydrogens is 249 g/mol. The summed E-state index contributed by atoms with van der Waals surface area (Å²) in [6, 6.07) is 8.28. The van der Waals surface area contributed by atoms with Gasteiger partial charge in [0.05, 0.1) is 0 Å². The number of rotatable bonds is 5. The maximum Gasteiger partial charge on any atom is 0.223 e. The van der Waals surface area contributed by atoms with Gasteiger partial charge in [-0.1, -0.05) is 24.8 Å². The summed E-state index contributed by atoms with van der Waals surface area (Å²) in [6.45, 7) is 2.92. The first-order valence-electron chi connectivity index (χ1n) is 5.78. The van der Waals surface area contributed by atoms with Crippen LogP contribution in [0.15, 0.2) is 46.5 Å². The van der Waals surface area contributed by atoms with Gasteiger partial charge >= 0.3 is 0 Å². The van der Waals surface area contributed by atoms with E-state index in [0.29, 0.717) is 5.95 Å². The van der Waals surface area contributed by atoms with Gasteiger partial charge in [0, 0.05) is 17.6 Å². The molecule has 0 aliphatic heterocycles. The second kappa shape index (κ2) is 6.35. The van der Waals surface area contributed by atoms with E-state index in [1.54, 1.807) is 12.3 Å². The van der Waals surface area contributed by atoms with Crippen LogP contribution in [0.25, 0.3) is 0 Å². The van der Waals surface area contributed by atoms with E-state index < -0.39 is 0 Å². The molecule has 1 N–H and O–H groups in total. The number of anilines is 1. The minimum atomic E-state index is -0.238. The third-order valence-corrected chi connectivity index (χ3v) is 3.11. The highest BCUT2D eigenvalue weighted by Crippen LogP contribution is 2.26. The molecule has 1 heterocycles. The number of halogens is 1. The minimum Gasteiger partial charge on any atom is -0.354 e. The fourth-order valence-corrected chi connectivity index (χ4v) is 2.19. The van der Waals surface area contributed by atoms with Gasteiger partial charge in [0.1, 0.15) is 10.8 Å². The third kappa shape index (κ3) is 3.70. The summed E-state index contributed by atoms with van der Waals surface area (Å²) < 4.78 is 13.1. The Morgan fingerprint density at radius 2 is 2.22 bits per heavy atom. The van der Waals surface area contributed by atoms with Crippen molar-refractivity contribution in [1.82, 2.24) is 9.97 Å². The quantitative estimate of drug-likeness (QED) is 0.837. The molecule has 0 amide bonds. The molecule has 0 saturated heterocycles. The molecule has 0 radical (unpaired) electrons. The van der Waals surface area contributed by atoms with Gasteiger partial charge < -0.3 is 5.32 Å². The predicted octanol–water partition coefficient (Wildman–Crippen LogP) is 3.59. The normalized spacial score (nSPS) is 10.3. The van der Waals surface area contributed by atoms with Crippen LogP contribution in [-0.2, 0) is 0 Å². The van der Waals surface area contributed by atoms with Crippen molar-refractivity contribution in [2.75, 3.05) is 11.9 Å². The lowest BCUT2D eigenvalue weighted by Crippen LogP contribution is -2.04. The fraction of sp³-hybridized carbons (Fsp3) is 0.231. The number of hydrogen-bond donors (Lipinski definition) is 1. The van der Waals surface area contributed by atoms with Crippen molar-refractivity contribution in [3.05, 3.63) is 42.3 Å². The molecule has 0 atom stereocenters. The molecule has 0 aliphatic rings. The molecule has 0 aliphatic carbocycles. The Labute approximate surface area is 110 Å². The molecule has 0 bridgehead atoms. The van der Waals surface area contributed by atoms with E-state index in [1.807, 2.05) is 12.1 Å². The van der Waals surface area contributed by atoms with E-state index in [-0.39, 0.29) is 5.82 Å². The molecule has 0 unspecified atom stereocenters. The first-order chi connectivity index (χ1) is 8.78. The van der Waals surface area contributed by atoms with Gasteiger partial charge in [0.2, 0.25) is 5.95 Å². The van der Waals surface area contributed by atoms with Crippen LogP contribution in [0.2, 0.25) is 0 Å². The molecule has 0 spiro atoms. The highest BCUT2D eigenvalue weighted by molar-refractivity contribution is 7.99. The van der Waals surface area contributed by atoms with Gasteiger partial charge in [-0.15, -0.1) is 0 Å². The number of hydrogen-bond acceptors (Lipinski definition) is 4. The molecular formula is C13H14FN3S. The standard InChI is InChI=1S/C13H14FN3S/c1-2-7-15-13-16-8-6-12(17-13)18-11-5-3-4-10(14)9-11/h3-6,8-9H,2,7H2,1H3,(H,15,16,17). The smallest absolute Gasteiger partial charge is 0.223 e. The maximum atomic E-state index is 13.1. The summed E-state index contributed by atoms with van der Waals surface area (Å²) >= 11 is 1.42. The van der Waals surface area contributed by atoms with Gasteiger partial charge in [-0.2, -0.15) is 0 Å². The molecule has 18 heavy (non-hydrogen) atoms. The summed E-state index contributed by atoms with van der Waals surface area (Å²) in [4.78, 5) is 9.31. The van der Waals surface area contributed by atoms with Crippen molar-refractivity contribution < 1.29 is 4.39 Å². The molecule has 3 nitrogen and oxygen atoms in total. The van der Waals surface area contributed by atoms with Gasteiger partial charge in [0.25, 0.3) is 0 Å². The monoisotopic (exact) mass is 263 g/mol. The lowest BCUT2D eigenvalue weighted by molar-refractivity contribution is 0.624. The van der Waals surface area contributed by atoms with Crippen molar-refractivity contribution in [2.45, 2.75) is 23.3 Å². The van der Waals surface area contributed by atoms with Crippen molar-refractivity contribution in [3.63, 3.8) is 0 Å². The summed E-state index contributed by atoms with van der Waals surface area (Å²) in [5.74, 6) is 0.372. The topological polar surface area (TPSA) is 37.8 Å². The highest BCUT2D eigenvalue weighted by Gasteiger charge is 2.02. The lowest BCUT2D eigenvalue weighted by Gasteiger charge is -2.05. The average Bonchev–Trinajstić information content (AvgIpc) is 2.37. The molecule has 0 fully saturated rings. The summed E-state index contributed by atoms with van der Waals surface area (Å²) in [5.41, 5.74) is 0. The third-order valence-electron chi connectivity index (χ3n) is 2.18. The van der Waals surface area contributed by atoms with Crippen LogP contribution in [0, 0.1) is 5.82 Å². The van der Waals surface area contributed by atoms with Crippen LogP contribution in [0.4, 0.5) is 10.3 Å². The first kappa shape index (κ1) is 12.8. The number of nitrogens with zero attached hydrogens (tertiary/aromatic N) is 2. The van der Waals surface area contributed by atoms with E-state index in [4.69, 9.17) is 0 Å².